The average Bonchev–Trinajstić information content (AvgIpc) is 2.39. The normalized spacial score (nSPS) is 11.5. The van der Waals surface area contributed by atoms with Crippen LogP contribution >= 0.6 is 0 Å². The Hall–Kier alpha value is -2.09. The molecule has 1 unspecified atom stereocenters. The number of ether oxygens (including phenoxy) is 2. The van der Waals surface area contributed by atoms with Gasteiger partial charge in [-0.05, 0) is 20.8 Å². The zero-order valence-corrected chi connectivity index (χ0v) is 11.7. The molecule has 0 amide bonds. The van der Waals surface area contributed by atoms with E-state index in [1.807, 2.05) is 19.9 Å². The van der Waals surface area contributed by atoms with Crippen LogP contribution in [0, 0.1) is 31.1 Å². The van der Waals surface area contributed by atoms with Gasteiger partial charge in [0.2, 0.25) is 0 Å². The van der Waals surface area contributed by atoms with E-state index in [-0.39, 0.29) is 13.0 Å². The van der Waals surface area contributed by atoms with Crippen molar-refractivity contribution in [3.05, 3.63) is 23.0 Å². The maximum Gasteiger partial charge on any atom is 0.323 e. The number of aromatic nitrogens is 1. The molecule has 0 aliphatic carbocycles. The van der Waals surface area contributed by atoms with Crippen molar-refractivity contribution in [1.82, 2.24) is 4.98 Å². The zero-order valence-electron chi connectivity index (χ0n) is 11.7. The second-order valence-electron chi connectivity index (χ2n) is 4.18. The van der Waals surface area contributed by atoms with Crippen molar-refractivity contribution < 1.29 is 14.3 Å². The van der Waals surface area contributed by atoms with Gasteiger partial charge in [0.05, 0.1) is 19.8 Å². The Morgan fingerprint density at radius 1 is 1.53 bits per heavy atom. The van der Waals surface area contributed by atoms with Crippen molar-refractivity contribution >= 4 is 5.97 Å². The Balaban J connectivity index is 2.99. The summed E-state index contributed by atoms with van der Waals surface area (Å²) in [6.07, 6.45) is 1.92. The molecule has 1 heterocycles. The molecule has 0 bridgehead atoms. The van der Waals surface area contributed by atoms with Gasteiger partial charge >= 0.3 is 5.97 Å². The summed E-state index contributed by atoms with van der Waals surface area (Å²) in [7, 11) is 1.59. The molecule has 1 atom stereocenters. The molecule has 102 valence electrons. The number of nitriles is 1. The van der Waals surface area contributed by atoms with E-state index < -0.39 is 11.9 Å². The van der Waals surface area contributed by atoms with E-state index in [0.717, 1.165) is 16.9 Å². The van der Waals surface area contributed by atoms with Gasteiger partial charge in [0, 0.05) is 29.4 Å². The largest absolute Gasteiger partial charge is 0.496 e. The minimum atomic E-state index is -0.835. The van der Waals surface area contributed by atoms with Gasteiger partial charge in [0.25, 0.3) is 0 Å². The van der Waals surface area contributed by atoms with Crippen molar-refractivity contribution in [2.45, 2.75) is 27.2 Å². The summed E-state index contributed by atoms with van der Waals surface area (Å²) in [5.74, 6) is -0.602. The monoisotopic (exact) mass is 262 g/mol. The highest BCUT2D eigenvalue weighted by Gasteiger charge is 2.22. The third-order valence-corrected chi connectivity index (χ3v) is 2.87. The number of methoxy groups -OCH3 is 1. The lowest BCUT2D eigenvalue weighted by molar-refractivity contribution is -0.146. The van der Waals surface area contributed by atoms with Crippen LogP contribution in [-0.2, 0) is 16.0 Å². The van der Waals surface area contributed by atoms with E-state index in [1.165, 1.54) is 0 Å². The number of pyridine rings is 1. The second-order valence-corrected chi connectivity index (χ2v) is 4.18. The first-order chi connectivity index (χ1) is 9.04. The summed E-state index contributed by atoms with van der Waals surface area (Å²) in [6, 6.07) is 1.96. The molecule has 5 nitrogen and oxygen atoms in total. The Kier molecular flexibility index (Phi) is 5.31. The number of hydrogen-bond donors (Lipinski definition) is 0. The van der Waals surface area contributed by atoms with Crippen molar-refractivity contribution in [3.63, 3.8) is 0 Å². The number of aryl methyl sites for hydroxylation is 1. The summed E-state index contributed by atoms with van der Waals surface area (Å²) in [6.45, 7) is 5.74. The molecule has 19 heavy (non-hydrogen) atoms. The molecule has 0 spiro atoms. The molecule has 0 saturated carbocycles. The lowest BCUT2D eigenvalue weighted by Crippen LogP contribution is -2.19. The molecule has 0 N–H and O–H groups in total. The highest BCUT2D eigenvalue weighted by molar-refractivity contribution is 5.75. The van der Waals surface area contributed by atoms with E-state index in [9.17, 15) is 4.79 Å². The van der Waals surface area contributed by atoms with Gasteiger partial charge in [-0.25, -0.2) is 0 Å². The quantitative estimate of drug-likeness (QED) is 0.758. The third kappa shape index (κ3) is 3.44. The van der Waals surface area contributed by atoms with E-state index in [2.05, 4.69) is 4.98 Å². The van der Waals surface area contributed by atoms with Crippen LogP contribution in [0.25, 0.3) is 0 Å². The minimum Gasteiger partial charge on any atom is -0.496 e. The number of carbonyl (C=O) groups is 1. The van der Waals surface area contributed by atoms with Gasteiger partial charge in [-0.1, -0.05) is 0 Å². The summed E-state index contributed by atoms with van der Waals surface area (Å²) in [5.41, 5.74) is 2.46. The smallest absolute Gasteiger partial charge is 0.323 e. The van der Waals surface area contributed by atoms with Gasteiger partial charge in [-0.2, -0.15) is 5.26 Å². The molecule has 1 aromatic rings. The molecule has 0 aliphatic heterocycles. The van der Waals surface area contributed by atoms with Gasteiger partial charge in [-0.15, -0.1) is 0 Å². The molecule has 1 aromatic heterocycles. The molecular formula is C14H18N2O3. The van der Waals surface area contributed by atoms with Crippen LogP contribution in [-0.4, -0.2) is 24.7 Å². The van der Waals surface area contributed by atoms with Crippen LogP contribution in [0.15, 0.2) is 6.20 Å². The fourth-order valence-corrected chi connectivity index (χ4v) is 1.89. The topological polar surface area (TPSA) is 72.2 Å². The van der Waals surface area contributed by atoms with E-state index in [0.29, 0.717) is 5.69 Å². The van der Waals surface area contributed by atoms with Crippen molar-refractivity contribution in [2.75, 3.05) is 13.7 Å². The Morgan fingerprint density at radius 3 is 2.74 bits per heavy atom. The second kappa shape index (κ2) is 6.74. The SMILES string of the molecule is CCOC(=O)C(C#N)Cc1ncc(C)c(OC)c1C. The van der Waals surface area contributed by atoms with Crippen molar-refractivity contribution in [2.24, 2.45) is 5.92 Å². The summed E-state index contributed by atoms with van der Waals surface area (Å²) >= 11 is 0. The number of rotatable bonds is 5. The minimum absolute atomic E-state index is 0.234. The van der Waals surface area contributed by atoms with Crippen LogP contribution in [0.1, 0.15) is 23.7 Å². The first-order valence-electron chi connectivity index (χ1n) is 6.10. The maximum atomic E-state index is 11.6. The number of hydrogen-bond acceptors (Lipinski definition) is 5. The van der Waals surface area contributed by atoms with Crippen LogP contribution in [0.2, 0.25) is 0 Å². The van der Waals surface area contributed by atoms with Gasteiger partial charge < -0.3 is 9.47 Å². The van der Waals surface area contributed by atoms with Gasteiger partial charge in [0.1, 0.15) is 11.7 Å². The van der Waals surface area contributed by atoms with E-state index in [1.54, 1.807) is 20.2 Å². The number of esters is 1. The molecule has 0 fully saturated rings. The highest BCUT2D eigenvalue weighted by Crippen LogP contribution is 2.25. The zero-order chi connectivity index (χ0) is 14.4. The summed E-state index contributed by atoms with van der Waals surface area (Å²) in [5, 5.41) is 9.05. The Bertz CT molecular complexity index is 506. The summed E-state index contributed by atoms with van der Waals surface area (Å²) < 4.78 is 10.2. The molecule has 0 aliphatic rings. The highest BCUT2D eigenvalue weighted by atomic mass is 16.5. The standard InChI is InChI=1S/C14H18N2O3/c1-5-19-14(17)11(7-15)6-12-10(3)13(18-4)9(2)8-16-12/h8,11H,5-6H2,1-4H3. The molecule has 0 saturated heterocycles. The predicted octanol–water partition coefficient (Wildman–Crippen LogP) is 1.95. The van der Waals surface area contributed by atoms with Crippen LogP contribution < -0.4 is 4.74 Å². The average molecular weight is 262 g/mol. The van der Waals surface area contributed by atoms with Crippen molar-refractivity contribution in [3.8, 4) is 11.8 Å². The first-order valence-corrected chi connectivity index (χ1v) is 6.10. The molecule has 0 aromatic carbocycles. The number of nitrogens with zero attached hydrogens (tertiary/aromatic N) is 2. The summed E-state index contributed by atoms with van der Waals surface area (Å²) in [4.78, 5) is 15.9. The fraction of sp³-hybridized carbons (Fsp3) is 0.500. The molecule has 5 heteroatoms. The molecule has 1 rings (SSSR count). The van der Waals surface area contributed by atoms with E-state index >= 15 is 0 Å². The lowest BCUT2D eigenvalue weighted by atomic mass is 10.0. The number of carbonyl (C=O) groups excluding carboxylic acids is 1. The Morgan fingerprint density at radius 2 is 2.21 bits per heavy atom. The van der Waals surface area contributed by atoms with Crippen molar-refractivity contribution in [1.29, 1.82) is 5.26 Å². The predicted molar refractivity (Wildman–Crippen MR) is 69.7 cm³/mol. The van der Waals surface area contributed by atoms with Crippen LogP contribution in [0.3, 0.4) is 0 Å². The van der Waals surface area contributed by atoms with Crippen LogP contribution in [0.4, 0.5) is 0 Å². The van der Waals surface area contributed by atoms with Crippen LogP contribution in [0.5, 0.6) is 5.75 Å². The first kappa shape index (κ1) is 15.0. The fourth-order valence-electron chi connectivity index (χ4n) is 1.89. The maximum absolute atomic E-state index is 11.6. The van der Waals surface area contributed by atoms with E-state index in [4.69, 9.17) is 14.7 Å². The molecule has 0 radical (unpaired) electrons. The molecular weight excluding hydrogens is 244 g/mol. The third-order valence-electron chi connectivity index (χ3n) is 2.87. The van der Waals surface area contributed by atoms with Gasteiger partial charge in [0.15, 0.2) is 0 Å². The van der Waals surface area contributed by atoms with Gasteiger partial charge in [-0.3, -0.25) is 9.78 Å². The Labute approximate surface area is 113 Å². The lowest BCUT2D eigenvalue weighted by Gasteiger charge is -2.13.